The number of methoxy groups -OCH3 is 1. The van der Waals surface area contributed by atoms with Crippen molar-refractivity contribution in [3.63, 3.8) is 0 Å². The predicted octanol–water partition coefficient (Wildman–Crippen LogP) is 3.57. The molecule has 0 amide bonds. The van der Waals surface area contributed by atoms with E-state index < -0.39 is 5.60 Å². The van der Waals surface area contributed by atoms with Crippen molar-refractivity contribution in [1.29, 1.82) is 0 Å². The van der Waals surface area contributed by atoms with E-state index in [0.29, 0.717) is 0 Å². The van der Waals surface area contributed by atoms with Gasteiger partial charge in [-0.15, -0.1) is 0 Å². The van der Waals surface area contributed by atoms with Crippen LogP contribution in [-0.2, 0) is 5.60 Å². The van der Waals surface area contributed by atoms with Crippen molar-refractivity contribution >= 4 is 0 Å². The van der Waals surface area contributed by atoms with Gasteiger partial charge in [0.05, 0.1) is 7.11 Å². The molecule has 0 aliphatic rings. The van der Waals surface area contributed by atoms with Gasteiger partial charge in [0.25, 0.3) is 0 Å². The third-order valence-corrected chi connectivity index (χ3v) is 3.76. The normalized spacial score (nSPS) is 13.9. The molecule has 1 unspecified atom stereocenters. The van der Waals surface area contributed by atoms with Gasteiger partial charge in [-0.2, -0.15) is 0 Å². The maximum absolute atomic E-state index is 10.9. The van der Waals surface area contributed by atoms with E-state index in [-0.39, 0.29) is 0 Å². The molecule has 2 aromatic rings. The van der Waals surface area contributed by atoms with Crippen molar-refractivity contribution < 1.29 is 9.84 Å². The van der Waals surface area contributed by atoms with E-state index in [0.717, 1.165) is 22.4 Å². The van der Waals surface area contributed by atoms with Crippen LogP contribution in [0.3, 0.4) is 0 Å². The minimum atomic E-state index is -1.02. The van der Waals surface area contributed by atoms with E-state index in [1.54, 1.807) is 7.11 Å². The van der Waals surface area contributed by atoms with Crippen LogP contribution in [0.4, 0.5) is 0 Å². The summed E-state index contributed by atoms with van der Waals surface area (Å²) >= 11 is 0. The van der Waals surface area contributed by atoms with E-state index in [9.17, 15) is 5.11 Å². The van der Waals surface area contributed by atoms with Gasteiger partial charge in [-0.3, -0.25) is 0 Å². The van der Waals surface area contributed by atoms with Gasteiger partial charge in [-0.1, -0.05) is 30.3 Å². The van der Waals surface area contributed by atoms with E-state index in [4.69, 9.17) is 4.74 Å². The molecule has 100 valence electrons. The monoisotopic (exact) mass is 256 g/mol. The Morgan fingerprint density at radius 1 is 1.05 bits per heavy atom. The summed E-state index contributed by atoms with van der Waals surface area (Å²) in [4.78, 5) is 0. The molecule has 19 heavy (non-hydrogen) atoms. The molecule has 0 heterocycles. The summed E-state index contributed by atoms with van der Waals surface area (Å²) in [5.41, 5.74) is 3.04. The van der Waals surface area contributed by atoms with E-state index in [2.05, 4.69) is 13.0 Å². The van der Waals surface area contributed by atoms with E-state index in [1.165, 1.54) is 5.56 Å². The van der Waals surface area contributed by atoms with Crippen LogP contribution in [0, 0.1) is 13.8 Å². The first-order chi connectivity index (χ1) is 8.96. The lowest BCUT2D eigenvalue weighted by molar-refractivity contribution is 0.101. The summed E-state index contributed by atoms with van der Waals surface area (Å²) in [6, 6.07) is 13.6. The van der Waals surface area contributed by atoms with Crippen LogP contribution in [0.15, 0.2) is 42.5 Å². The van der Waals surface area contributed by atoms with Gasteiger partial charge in [0.2, 0.25) is 0 Å². The average Bonchev–Trinajstić information content (AvgIpc) is 2.41. The molecule has 1 N–H and O–H groups in total. The summed E-state index contributed by atoms with van der Waals surface area (Å²) in [7, 11) is 1.63. The molecule has 0 fully saturated rings. The van der Waals surface area contributed by atoms with Gasteiger partial charge >= 0.3 is 0 Å². The van der Waals surface area contributed by atoms with Crippen LogP contribution in [0.5, 0.6) is 5.75 Å². The zero-order chi connectivity index (χ0) is 14.0. The molecule has 0 spiro atoms. The van der Waals surface area contributed by atoms with Crippen molar-refractivity contribution in [2.45, 2.75) is 26.4 Å². The standard InChI is InChI=1S/C17H20O2/c1-12-7-5-10-16(13(12)2)17(3,18)14-8-6-9-15(11-14)19-4/h5-11,18H,1-4H3. The second-order valence-corrected chi connectivity index (χ2v) is 5.05. The van der Waals surface area contributed by atoms with Crippen molar-refractivity contribution in [2.75, 3.05) is 7.11 Å². The first kappa shape index (κ1) is 13.6. The number of hydrogen-bond donors (Lipinski definition) is 1. The lowest BCUT2D eigenvalue weighted by Gasteiger charge is -2.27. The molecule has 2 aromatic carbocycles. The lowest BCUT2D eigenvalue weighted by atomic mass is 9.84. The van der Waals surface area contributed by atoms with Crippen molar-refractivity contribution in [1.82, 2.24) is 0 Å². The van der Waals surface area contributed by atoms with Gasteiger partial charge in [0.15, 0.2) is 0 Å². The van der Waals surface area contributed by atoms with Crippen LogP contribution < -0.4 is 4.74 Å². The minimum absolute atomic E-state index is 0.753. The third-order valence-electron chi connectivity index (χ3n) is 3.76. The van der Waals surface area contributed by atoms with Gasteiger partial charge in [-0.25, -0.2) is 0 Å². The zero-order valence-corrected chi connectivity index (χ0v) is 11.9. The fourth-order valence-corrected chi connectivity index (χ4v) is 2.36. The van der Waals surface area contributed by atoms with Crippen LogP contribution in [0.25, 0.3) is 0 Å². The Hall–Kier alpha value is -1.80. The number of benzene rings is 2. The maximum atomic E-state index is 10.9. The Balaban J connectivity index is 2.54. The molecule has 0 aromatic heterocycles. The molecule has 0 aliphatic carbocycles. The Kier molecular flexibility index (Phi) is 3.63. The summed E-state index contributed by atoms with van der Waals surface area (Å²) in [6.45, 7) is 5.92. The Morgan fingerprint density at radius 3 is 2.42 bits per heavy atom. The van der Waals surface area contributed by atoms with Gasteiger partial charge in [-0.05, 0) is 55.2 Å². The number of ether oxygens (including phenoxy) is 1. The molecular formula is C17H20O2. The fourth-order valence-electron chi connectivity index (χ4n) is 2.36. The van der Waals surface area contributed by atoms with Crippen LogP contribution in [-0.4, -0.2) is 12.2 Å². The quantitative estimate of drug-likeness (QED) is 0.909. The molecule has 2 rings (SSSR count). The average molecular weight is 256 g/mol. The van der Waals surface area contributed by atoms with Crippen LogP contribution in [0.2, 0.25) is 0 Å². The predicted molar refractivity (Wildman–Crippen MR) is 77.6 cm³/mol. The third kappa shape index (κ3) is 2.49. The fraction of sp³-hybridized carbons (Fsp3) is 0.294. The first-order valence-electron chi connectivity index (χ1n) is 6.40. The Labute approximate surface area is 114 Å². The first-order valence-corrected chi connectivity index (χ1v) is 6.40. The summed E-state index contributed by atoms with van der Waals surface area (Å²) in [5.74, 6) is 0.753. The van der Waals surface area contributed by atoms with Crippen molar-refractivity contribution in [2.24, 2.45) is 0 Å². The minimum Gasteiger partial charge on any atom is -0.497 e. The summed E-state index contributed by atoms with van der Waals surface area (Å²) in [5, 5.41) is 10.9. The molecule has 0 saturated carbocycles. The molecule has 0 aliphatic heterocycles. The Bertz CT molecular complexity index is 586. The zero-order valence-electron chi connectivity index (χ0n) is 11.9. The topological polar surface area (TPSA) is 29.5 Å². The Morgan fingerprint density at radius 2 is 1.74 bits per heavy atom. The van der Waals surface area contributed by atoms with Crippen LogP contribution >= 0.6 is 0 Å². The number of rotatable bonds is 3. The number of hydrogen-bond acceptors (Lipinski definition) is 2. The van der Waals surface area contributed by atoms with Gasteiger partial charge in [0.1, 0.15) is 11.4 Å². The molecule has 0 radical (unpaired) electrons. The number of aliphatic hydroxyl groups is 1. The molecule has 0 saturated heterocycles. The van der Waals surface area contributed by atoms with Gasteiger partial charge in [0, 0.05) is 0 Å². The van der Waals surface area contributed by atoms with E-state index in [1.807, 2.05) is 50.2 Å². The summed E-state index contributed by atoms with van der Waals surface area (Å²) < 4.78 is 5.23. The lowest BCUT2D eigenvalue weighted by Crippen LogP contribution is -2.24. The summed E-state index contributed by atoms with van der Waals surface area (Å²) in [6.07, 6.45) is 0. The smallest absolute Gasteiger partial charge is 0.119 e. The number of aryl methyl sites for hydroxylation is 1. The highest BCUT2D eigenvalue weighted by atomic mass is 16.5. The second-order valence-electron chi connectivity index (χ2n) is 5.05. The highest BCUT2D eigenvalue weighted by Crippen LogP contribution is 2.33. The molecule has 1 atom stereocenters. The maximum Gasteiger partial charge on any atom is 0.119 e. The second kappa shape index (κ2) is 5.06. The SMILES string of the molecule is COc1cccc(C(C)(O)c2cccc(C)c2C)c1. The van der Waals surface area contributed by atoms with Crippen molar-refractivity contribution in [3.05, 3.63) is 64.7 Å². The molecule has 0 bridgehead atoms. The molecule has 2 heteroatoms. The largest absolute Gasteiger partial charge is 0.497 e. The molecule has 2 nitrogen and oxygen atoms in total. The van der Waals surface area contributed by atoms with Crippen LogP contribution in [0.1, 0.15) is 29.2 Å². The van der Waals surface area contributed by atoms with Gasteiger partial charge < -0.3 is 9.84 Å². The van der Waals surface area contributed by atoms with Crippen molar-refractivity contribution in [3.8, 4) is 5.75 Å². The highest BCUT2D eigenvalue weighted by Gasteiger charge is 2.27. The molecular weight excluding hydrogens is 236 g/mol. The highest BCUT2D eigenvalue weighted by molar-refractivity contribution is 5.44. The van der Waals surface area contributed by atoms with E-state index >= 15 is 0 Å².